The van der Waals surface area contributed by atoms with Crippen LogP contribution in [0.4, 0.5) is 17.1 Å². The van der Waals surface area contributed by atoms with E-state index in [4.69, 9.17) is 5.73 Å². The van der Waals surface area contributed by atoms with E-state index < -0.39 is 17.9 Å². The summed E-state index contributed by atoms with van der Waals surface area (Å²) in [7, 11) is 0. The molecule has 8 nitrogen and oxygen atoms in total. The maximum Gasteiger partial charge on any atom is 0.271 e. The summed E-state index contributed by atoms with van der Waals surface area (Å²) in [5.74, 6) is -1.10. The summed E-state index contributed by atoms with van der Waals surface area (Å²) >= 11 is 0. The number of nitrogens with one attached hydrogen (secondary N) is 2. The summed E-state index contributed by atoms with van der Waals surface area (Å²) in [5, 5.41) is 11.3. The SMILES string of the molecule is CCC(=O)Nc1cccc(NC(=O)C2=NN(c3ccccc3)C(C(N)=O)C2)c1. The van der Waals surface area contributed by atoms with Crippen LogP contribution in [0.15, 0.2) is 59.7 Å². The zero-order valence-corrected chi connectivity index (χ0v) is 15.4. The number of hydrogen-bond donors (Lipinski definition) is 3. The first kappa shape index (κ1) is 19.1. The predicted molar refractivity (Wildman–Crippen MR) is 108 cm³/mol. The molecule has 3 amide bonds. The van der Waals surface area contributed by atoms with E-state index in [0.29, 0.717) is 23.5 Å². The van der Waals surface area contributed by atoms with E-state index in [0.717, 1.165) is 0 Å². The molecule has 0 aliphatic carbocycles. The highest BCUT2D eigenvalue weighted by molar-refractivity contribution is 6.44. The van der Waals surface area contributed by atoms with Gasteiger partial charge in [0.05, 0.1) is 5.69 Å². The third kappa shape index (κ3) is 4.35. The van der Waals surface area contributed by atoms with Crippen molar-refractivity contribution < 1.29 is 14.4 Å². The molecule has 1 heterocycles. The normalized spacial score (nSPS) is 15.7. The van der Waals surface area contributed by atoms with Gasteiger partial charge in [0.15, 0.2) is 0 Å². The maximum absolute atomic E-state index is 12.6. The summed E-state index contributed by atoms with van der Waals surface area (Å²) in [5.41, 5.74) is 7.47. The van der Waals surface area contributed by atoms with E-state index in [-0.39, 0.29) is 18.0 Å². The summed E-state index contributed by atoms with van der Waals surface area (Å²) in [4.78, 5) is 36.0. The van der Waals surface area contributed by atoms with Gasteiger partial charge in [-0.05, 0) is 30.3 Å². The smallest absolute Gasteiger partial charge is 0.271 e. The van der Waals surface area contributed by atoms with Gasteiger partial charge in [0.25, 0.3) is 5.91 Å². The number of carbonyl (C=O) groups excluding carboxylic acids is 3. The molecule has 0 aromatic heterocycles. The number of rotatable bonds is 6. The zero-order valence-electron chi connectivity index (χ0n) is 15.4. The zero-order chi connectivity index (χ0) is 20.1. The number of amides is 3. The number of benzene rings is 2. The van der Waals surface area contributed by atoms with E-state index >= 15 is 0 Å². The number of hydrazone groups is 1. The molecule has 2 aromatic rings. The van der Waals surface area contributed by atoms with E-state index in [1.54, 1.807) is 43.3 Å². The first-order valence-electron chi connectivity index (χ1n) is 8.90. The fraction of sp³-hybridized carbons (Fsp3) is 0.200. The minimum Gasteiger partial charge on any atom is -0.368 e. The third-order valence-corrected chi connectivity index (χ3v) is 4.25. The molecule has 3 rings (SSSR count). The Kier molecular flexibility index (Phi) is 5.69. The second kappa shape index (κ2) is 8.34. The van der Waals surface area contributed by atoms with Gasteiger partial charge in [-0.2, -0.15) is 5.10 Å². The molecular formula is C20H21N5O3. The van der Waals surface area contributed by atoms with Crippen LogP contribution in [-0.4, -0.2) is 29.5 Å². The minimum absolute atomic E-state index is 0.113. The van der Waals surface area contributed by atoms with Crippen LogP contribution in [0.25, 0.3) is 0 Å². The van der Waals surface area contributed by atoms with Gasteiger partial charge in [-0.25, -0.2) is 0 Å². The molecule has 1 aliphatic heterocycles. The number of nitrogens with two attached hydrogens (primary N) is 1. The van der Waals surface area contributed by atoms with Gasteiger partial charge >= 0.3 is 0 Å². The molecule has 2 aromatic carbocycles. The molecular weight excluding hydrogens is 358 g/mol. The van der Waals surface area contributed by atoms with Gasteiger partial charge < -0.3 is 16.4 Å². The minimum atomic E-state index is -0.724. The van der Waals surface area contributed by atoms with Crippen LogP contribution in [-0.2, 0) is 14.4 Å². The fourth-order valence-corrected chi connectivity index (χ4v) is 2.82. The lowest BCUT2D eigenvalue weighted by molar-refractivity contribution is -0.119. The average Bonchev–Trinajstić information content (AvgIpc) is 3.15. The van der Waals surface area contributed by atoms with Crippen molar-refractivity contribution in [3.8, 4) is 0 Å². The summed E-state index contributed by atoms with van der Waals surface area (Å²) in [6.07, 6.45) is 0.472. The van der Waals surface area contributed by atoms with Gasteiger partial charge in [-0.1, -0.05) is 31.2 Å². The standard InChI is InChI=1S/C20H21N5O3/c1-2-18(26)22-13-7-6-8-14(11-13)23-20(28)16-12-17(19(21)27)25(24-16)15-9-4-3-5-10-15/h3-11,17H,2,12H2,1H3,(H2,21,27)(H,22,26)(H,23,28). The van der Waals surface area contributed by atoms with Crippen LogP contribution in [0.3, 0.4) is 0 Å². The number of primary amides is 1. The molecule has 0 spiro atoms. The first-order chi connectivity index (χ1) is 13.5. The van der Waals surface area contributed by atoms with Gasteiger partial charge in [-0.15, -0.1) is 0 Å². The number of anilines is 3. The van der Waals surface area contributed by atoms with Crippen molar-refractivity contribution in [1.29, 1.82) is 0 Å². The quantitative estimate of drug-likeness (QED) is 0.712. The molecule has 1 aliphatic rings. The van der Waals surface area contributed by atoms with Gasteiger partial charge in [-0.3, -0.25) is 19.4 Å². The van der Waals surface area contributed by atoms with Crippen LogP contribution in [0, 0.1) is 0 Å². The van der Waals surface area contributed by atoms with E-state index in [1.807, 2.05) is 18.2 Å². The highest BCUT2D eigenvalue weighted by Crippen LogP contribution is 2.25. The molecule has 144 valence electrons. The molecule has 0 saturated carbocycles. The monoisotopic (exact) mass is 379 g/mol. The average molecular weight is 379 g/mol. The lowest BCUT2D eigenvalue weighted by Crippen LogP contribution is -2.39. The van der Waals surface area contributed by atoms with Crippen LogP contribution < -0.4 is 21.4 Å². The topological polar surface area (TPSA) is 117 Å². The predicted octanol–water partition coefficient (Wildman–Crippen LogP) is 2.09. The van der Waals surface area contributed by atoms with Crippen molar-refractivity contribution in [1.82, 2.24) is 0 Å². The van der Waals surface area contributed by atoms with E-state index in [1.165, 1.54) is 5.01 Å². The Balaban J connectivity index is 1.76. The van der Waals surface area contributed by atoms with Gasteiger partial charge in [0.1, 0.15) is 11.8 Å². The Hall–Kier alpha value is -3.68. The molecule has 28 heavy (non-hydrogen) atoms. The maximum atomic E-state index is 12.6. The van der Waals surface area contributed by atoms with Crippen LogP contribution in [0.5, 0.6) is 0 Å². The molecule has 0 bridgehead atoms. The lowest BCUT2D eigenvalue weighted by atomic mass is 10.1. The van der Waals surface area contributed by atoms with Crippen molar-refractivity contribution >= 4 is 40.5 Å². The Morgan fingerprint density at radius 2 is 1.75 bits per heavy atom. The van der Waals surface area contributed by atoms with Crippen LogP contribution in [0.2, 0.25) is 0 Å². The van der Waals surface area contributed by atoms with Crippen molar-refractivity contribution in [2.75, 3.05) is 15.6 Å². The number of hydrogen-bond acceptors (Lipinski definition) is 5. The Morgan fingerprint density at radius 1 is 1.07 bits per heavy atom. The Labute approximate surface area is 162 Å². The van der Waals surface area contributed by atoms with E-state index in [2.05, 4.69) is 15.7 Å². The fourth-order valence-electron chi connectivity index (χ4n) is 2.82. The Morgan fingerprint density at radius 3 is 2.39 bits per heavy atom. The number of carbonyl (C=O) groups is 3. The number of para-hydroxylation sites is 1. The molecule has 1 atom stereocenters. The van der Waals surface area contributed by atoms with Crippen molar-refractivity contribution in [3.05, 3.63) is 54.6 Å². The van der Waals surface area contributed by atoms with Crippen molar-refractivity contribution in [2.24, 2.45) is 10.8 Å². The van der Waals surface area contributed by atoms with E-state index in [9.17, 15) is 14.4 Å². The number of nitrogens with zero attached hydrogens (tertiary/aromatic N) is 2. The second-order valence-corrected chi connectivity index (χ2v) is 6.29. The molecule has 8 heteroatoms. The summed E-state index contributed by atoms with van der Waals surface area (Å²) in [6.45, 7) is 1.76. The molecule has 1 unspecified atom stereocenters. The highest BCUT2D eigenvalue weighted by Gasteiger charge is 2.34. The highest BCUT2D eigenvalue weighted by atomic mass is 16.2. The second-order valence-electron chi connectivity index (χ2n) is 6.29. The van der Waals surface area contributed by atoms with Crippen molar-refractivity contribution in [3.63, 3.8) is 0 Å². The lowest BCUT2D eigenvalue weighted by Gasteiger charge is -2.20. The van der Waals surface area contributed by atoms with Crippen LogP contribution >= 0.6 is 0 Å². The van der Waals surface area contributed by atoms with Crippen LogP contribution in [0.1, 0.15) is 19.8 Å². The third-order valence-electron chi connectivity index (χ3n) is 4.25. The summed E-state index contributed by atoms with van der Waals surface area (Å²) in [6, 6.07) is 15.2. The molecule has 0 fully saturated rings. The van der Waals surface area contributed by atoms with Gasteiger partial charge in [0.2, 0.25) is 11.8 Å². The largest absolute Gasteiger partial charge is 0.368 e. The van der Waals surface area contributed by atoms with Gasteiger partial charge in [0, 0.05) is 24.2 Å². The summed E-state index contributed by atoms with van der Waals surface area (Å²) < 4.78 is 0. The molecule has 0 radical (unpaired) electrons. The Bertz CT molecular complexity index is 926. The molecule has 4 N–H and O–H groups in total. The first-order valence-corrected chi connectivity index (χ1v) is 8.90. The molecule has 0 saturated heterocycles. The van der Waals surface area contributed by atoms with Crippen molar-refractivity contribution in [2.45, 2.75) is 25.8 Å².